The van der Waals surface area contributed by atoms with Crippen LogP contribution in [0.3, 0.4) is 0 Å². The van der Waals surface area contributed by atoms with E-state index in [4.69, 9.17) is 9.73 Å². The van der Waals surface area contributed by atoms with Crippen molar-refractivity contribution in [2.75, 3.05) is 11.9 Å². The second kappa shape index (κ2) is 11.4. The van der Waals surface area contributed by atoms with E-state index in [1.54, 1.807) is 0 Å². The molecule has 1 aliphatic carbocycles. The lowest BCUT2D eigenvalue weighted by atomic mass is 9.96. The maximum absolute atomic E-state index is 5.93. The second-order valence-corrected chi connectivity index (χ2v) is 9.54. The summed E-state index contributed by atoms with van der Waals surface area (Å²) in [4.78, 5) is 6.33. The standard InChI is InChI=1S/C27H35N3OS/c1-3-19-30-24(20-32-27(30)29-23-7-5-4-6-8-23)17-18-28-22-11-15-26(16-12-22)31-25-13-9-21(2)10-14-25/h9-16,20,23,28H,3-8,17-19H2,1-2H3. The Morgan fingerprint density at radius 3 is 2.38 bits per heavy atom. The summed E-state index contributed by atoms with van der Waals surface area (Å²) in [6, 6.07) is 16.9. The lowest BCUT2D eigenvalue weighted by Crippen LogP contribution is -2.22. The number of aryl methyl sites for hydroxylation is 1. The van der Waals surface area contributed by atoms with Gasteiger partial charge in [-0.15, -0.1) is 11.3 Å². The third-order valence-electron chi connectivity index (χ3n) is 6.01. The number of aromatic nitrogens is 1. The molecule has 1 aromatic heterocycles. The van der Waals surface area contributed by atoms with Crippen molar-refractivity contribution >= 4 is 17.0 Å². The van der Waals surface area contributed by atoms with Crippen LogP contribution in [0, 0.1) is 6.92 Å². The van der Waals surface area contributed by atoms with Gasteiger partial charge in [0.25, 0.3) is 0 Å². The second-order valence-electron chi connectivity index (χ2n) is 8.70. The van der Waals surface area contributed by atoms with Gasteiger partial charge in [0.2, 0.25) is 0 Å². The maximum Gasteiger partial charge on any atom is 0.185 e. The Morgan fingerprint density at radius 2 is 1.69 bits per heavy atom. The van der Waals surface area contributed by atoms with Gasteiger partial charge in [0.05, 0.1) is 6.04 Å². The molecule has 0 amide bonds. The molecule has 1 aliphatic rings. The smallest absolute Gasteiger partial charge is 0.185 e. The number of ether oxygens (including phenoxy) is 1. The first-order chi connectivity index (χ1) is 15.7. The summed E-state index contributed by atoms with van der Waals surface area (Å²) in [5.74, 6) is 1.72. The van der Waals surface area contributed by atoms with Crippen molar-refractivity contribution in [1.82, 2.24) is 4.57 Å². The SMILES string of the molecule is CCCn1c(CCNc2ccc(Oc3ccc(C)cc3)cc2)csc1=NC1CCCCC1. The molecule has 4 rings (SSSR count). The van der Waals surface area contributed by atoms with Crippen molar-refractivity contribution in [3.63, 3.8) is 0 Å². The quantitative estimate of drug-likeness (QED) is 0.384. The van der Waals surface area contributed by atoms with Crippen LogP contribution < -0.4 is 14.9 Å². The Labute approximate surface area is 196 Å². The molecule has 4 nitrogen and oxygen atoms in total. The van der Waals surface area contributed by atoms with E-state index in [2.05, 4.69) is 53.4 Å². The van der Waals surface area contributed by atoms with Crippen LogP contribution in [-0.2, 0) is 13.0 Å². The topological polar surface area (TPSA) is 38.5 Å². The molecule has 1 saturated carbocycles. The van der Waals surface area contributed by atoms with Gasteiger partial charge in [-0.05, 0) is 62.6 Å². The number of anilines is 1. The lowest BCUT2D eigenvalue weighted by Gasteiger charge is -2.17. The molecule has 5 heteroatoms. The van der Waals surface area contributed by atoms with Crippen LogP contribution in [0.1, 0.15) is 56.7 Å². The maximum atomic E-state index is 5.93. The van der Waals surface area contributed by atoms with Gasteiger partial charge in [0.15, 0.2) is 4.80 Å². The van der Waals surface area contributed by atoms with E-state index in [0.29, 0.717) is 6.04 Å². The zero-order valence-corrected chi connectivity index (χ0v) is 20.2. The lowest BCUT2D eigenvalue weighted by molar-refractivity contribution is 0.433. The van der Waals surface area contributed by atoms with Gasteiger partial charge in [-0.3, -0.25) is 4.99 Å². The number of hydrogen-bond donors (Lipinski definition) is 1. The largest absolute Gasteiger partial charge is 0.457 e. The highest BCUT2D eigenvalue weighted by molar-refractivity contribution is 7.07. The van der Waals surface area contributed by atoms with Crippen molar-refractivity contribution in [1.29, 1.82) is 0 Å². The average Bonchev–Trinajstić information content (AvgIpc) is 3.18. The number of rotatable bonds is 9. The molecule has 170 valence electrons. The molecule has 0 aliphatic heterocycles. The number of benzene rings is 2. The minimum Gasteiger partial charge on any atom is -0.457 e. The highest BCUT2D eigenvalue weighted by atomic mass is 32.1. The van der Waals surface area contributed by atoms with Crippen molar-refractivity contribution in [3.8, 4) is 11.5 Å². The van der Waals surface area contributed by atoms with E-state index in [9.17, 15) is 0 Å². The van der Waals surface area contributed by atoms with Crippen molar-refractivity contribution in [2.45, 2.75) is 71.4 Å². The van der Waals surface area contributed by atoms with Gasteiger partial charge >= 0.3 is 0 Å². The molecule has 0 unspecified atom stereocenters. The zero-order valence-electron chi connectivity index (χ0n) is 19.3. The molecule has 1 fully saturated rings. The molecule has 0 radical (unpaired) electrons. The Morgan fingerprint density at radius 1 is 1.00 bits per heavy atom. The van der Waals surface area contributed by atoms with Crippen LogP contribution in [0.2, 0.25) is 0 Å². The van der Waals surface area contributed by atoms with Gasteiger partial charge in [-0.1, -0.05) is 43.9 Å². The van der Waals surface area contributed by atoms with Crippen molar-refractivity contribution in [2.24, 2.45) is 4.99 Å². The first kappa shape index (κ1) is 22.7. The predicted molar refractivity (Wildman–Crippen MR) is 135 cm³/mol. The molecular weight excluding hydrogens is 414 g/mol. The minimum atomic E-state index is 0.525. The first-order valence-electron chi connectivity index (χ1n) is 12.0. The molecule has 2 aromatic carbocycles. The number of nitrogens with zero attached hydrogens (tertiary/aromatic N) is 2. The summed E-state index contributed by atoms with van der Waals surface area (Å²) in [5.41, 5.74) is 3.74. The molecule has 0 atom stereocenters. The average molecular weight is 450 g/mol. The molecule has 0 bridgehead atoms. The van der Waals surface area contributed by atoms with Gasteiger partial charge in [-0.2, -0.15) is 0 Å². The molecular formula is C27H35N3OS. The summed E-state index contributed by atoms with van der Waals surface area (Å²) in [6.07, 6.45) is 8.68. The fraction of sp³-hybridized carbons (Fsp3) is 0.444. The summed E-state index contributed by atoms with van der Waals surface area (Å²) in [7, 11) is 0. The van der Waals surface area contributed by atoms with E-state index in [1.165, 1.54) is 48.2 Å². The molecule has 3 aromatic rings. The highest BCUT2D eigenvalue weighted by Gasteiger charge is 2.13. The summed E-state index contributed by atoms with van der Waals surface area (Å²) in [6.45, 7) is 6.28. The summed E-state index contributed by atoms with van der Waals surface area (Å²) in [5, 5.41) is 5.86. The monoisotopic (exact) mass is 449 g/mol. The molecule has 0 saturated heterocycles. The summed E-state index contributed by atoms with van der Waals surface area (Å²) < 4.78 is 8.37. The Bertz CT molecular complexity index is 1030. The predicted octanol–water partition coefficient (Wildman–Crippen LogP) is 6.95. The minimum absolute atomic E-state index is 0.525. The van der Waals surface area contributed by atoms with Crippen molar-refractivity contribution in [3.05, 3.63) is 70.0 Å². The molecule has 1 heterocycles. The Kier molecular flexibility index (Phi) is 8.05. The molecule has 32 heavy (non-hydrogen) atoms. The van der Waals surface area contributed by atoms with Crippen LogP contribution in [0.4, 0.5) is 5.69 Å². The molecule has 0 spiro atoms. The van der Waals surface area contributed by atoms with E-state index in [0.717, 1.165) is 43.1 Å². The highest BCUT2D eigenvalue weighted by Crippen LogP contribution is 2.23. The first-order valence-corrected chi connectivity index (χ1v) is 12.9. The van der Waals surface area contributed by atoms with E-state index < -0.39 is 0 Å². The van der Waals surface area contributed by atoms with Gasteiger partial charge in [0, 0.05) is 36.3 Å². The van der Waals surface area contributed by atoms with E-state index >= 15 is 0 Å². The van der Waals surface area contributed by atoms with Gasteiger partial charge in [-0.25, -0.2) is 0 Å². The number of hydrogen-bond acceptors (Lipinski definition) is 4. The van der Waals surface area contributed by atoms with Crippen LogP contribution in [0.15, 0.2) is 58.9 Å². The zero-order chi connectivity index (χ0) is 22.2. The number of nitrogens with one attached hydrogen (secondary N) is 1. The fourth-order valence-corrected chi connectivity index (χ4v) is 5.24. The van der Waals surface area contributed by atoms with Crippen LogP contribution in [0.5, 0.6) is 11.5 Å². The molecule has 1 N–H and O–H groups in total. The third kappa shape index (κ3) is 6.26. The van der Waals surface area contributed by atoms with Crippen LogP contribution >= 0.6 is 11.3 Å². The normalized spacial score (nSPS) is 15.1. The number of thiazole rings is 1. The van der Waals surface area contributed by atoms with E-state index in [1.807, 2.05) is 35.6 Å². The fourth-order valence-electron chi connectivity index (χ4n) is 4.21. The van der Waals surface area contributed by atoms with Crippen molar-refractivity contribution < 1.29 is 4.74 Å². The van der Waals surface area contributed by atoms with Gasteiger partial charge in [0.1, 0.15) is 11.5 Å². The third-order valence-corrected chi connectivity index (χ3v) is 6.94. The van der Waals surface area contributed by atoms with Crippen LogP contribution in [0.25, 0.3) is 0 Å². The van der Waals surface area contributed by atoms with Gasteiger partial charge < -0.3 is 14.6 Å². The van der Waals surface area contributed by atoms with Crippen LogP contribution in [-0.4, -0.2) is 17.2 Å². The Hall–Kier alpha value is -2.53. The Balaban J connectivity index is 1.33. The summed E-state index contributed by atoms with van der Waals surface area (Å²) >= 11 is 1.81. The van der Waals surface area contributed by atoms with E-state index in [-0.39, 0.29) is 0 Å².